The molecule has 32 heavy (non-hydrogen) atoms. The van der Waals surface area contributed by atoms with Crippen LogP contribution in [0.5, 0.6) is 0 Å². The number of rotatable bonds is 10. The van der Waals surface area contributed by atoms with Crippen molar-refractivity contribution in [1.82, 2.24) is 15.6 Å². The highest BCUT2D eigenvalue weighted by Gasteiger charge is 2.42. The van der Waals surface area contributed by atoms with E-state index in [0.29, 0.717) is 25.1 Å². The molecule has 1 aliphatic heterocycles. The molecule has 1 amide bonds. The summed E-state index contributed by atoms with van der Waals surface area (Å²) >= 11 is 2.04. The summed E-state index contributed by atoms with van der Waals surface area (Å²) in [5.74, 6) is -3.22. The second-order valence-electron chi connectivity index (χ2n) is 6.73. The molecule has 1 heterocycles. The van der Waals surface area contributed by atoms with E-state index in [1.807, 2.05) is 52.9 Å². The van der Waals surface area contributed by atoms with Crippen molar-refractivity contribution in [2.24, 2.45) is 0 Å². The van der Waals surface area contributed by atoms with Crippen LogP contribution in [0.1, 0.15) is 37.7 Å². The Morgan fingerprint density at radius 3 is 2.47 bits per heavy atom. The number of alkyl carbamates (subject to hydrolysis) is 1. The van der Waals surface area contributed by atoms with Gasteiger partial charge in [-0.05, 0) is 23.4 Å². The number of hydrogen-bond acceptors (Lipinski definition) is 7. The zero-order chi connectivity index (χ0) is 23.6. The van der Waals surface area contributed by atoms with Gasteiger partial charge >= 0.3 is 30.0 Å². The molecule has 8 nitrogen and oxygen atoms in total. The van der Waals surface area contributed by atoms with Gasteiger partial charge in [0.1, 0.15) is 12.6 Å². The third-order valence-electron chi connectivity index (χ3n) is 4.21. The first kappa shape index (κ1) is 25.6. The van der Waals surface area contributed by atoms with E-state index in [-0.39, 0.29) is 19.4 Å². The lowest BCUT2D eigenvalue weighted by atomic mass is 10.1. The zero-order valence-corrected chi connectivity index (χ0v) is 18.9. The Balaban J connectivity index is 1.75. The largest absolute Gasteiger partial charge is 0.491 e. The van der Waals surface area contributed by atoms with Crippen LogP contribution in [0.3, 0.4) is 0 Å². The molecule has 1 aromatic carbocycles. The van der Waals surface area contributed by atoms with Crippen molar-refractivity contribution >= 4 is 46.5 Å². The van der Waals surface area contributed by atoms with Crippen LogP contribution in [-0.4, -0.2) is 36.1 Å². The highest BCUT2D eigenvalue weighted by molar-refractivity contribution is 14.1. The fourth-order valence-electron chi connectivity index (χ4n) is 2.68. The van der Waals surface area contributed by atoms with Gasteiger partial charge in [0.05, 0.1) is 0 Å². The number of alkyl halides is 3. The maximum absolute atomic E-state index is 12.2. The summed E-state index contributed by atoms with van der Waals surface area (Å²) in [4.78, 5) is 38.4. The molecule has 0 saturated carbocycles. The van der Waals surface area contributed by atoms with Crippen molar-refractivity contribution in [1.29, 1.82) is 0 Å². The van der Waals surface area contributed by atoms with Crippen molar-refractivity contribution in [3.05, 3.63) is 45.8 Å². The lowest BCUT2D eigenvalue weighted by Gasteiger charge is -2.15. The molecule has 12 heteroatoms. The lowest BCUT2D eigenvalue weighted by Crippen LogP contribution is -2.46. The Morgan fingerprint density at radius 2 is 1.84 bits per heavy atom. The Bertz CT molecular complexity index is 875. The molecule has 1 aromatic rings. The summed E-state index contributed by atoms with van der Waals surface area (Å²) in [6, 6.07) is 8.68. The van der Waals surface area contributed by atoms with Crippen LogP contribution >= 0.6 is 22.6 Å². The first-order valence-corrected chi connectivity index (χ1v) is 10.7. The monoisotopic (exact) mass is 567 g/mol. The fraction of sp³-hybridized carbons (Fsp3) is 0.400. The van der Waals surface area contributed by atoms with E-state index in [0.717, 1.165) is 9.27 Å². The minimum Gasteiger partial charge on any atom is -0.445 e. The molecule has 0 spiro atoms. The Morgan fingerprint density at radius 1 is 1.12 bits per heavy atom. The summed E-state index contributed by atoms with van der Waals surface area (Å²) in [5.41, 5.74) is 0.836. The van der Waals surface area contributed by atoms with Crippen molar-refractivity contribution in [3.8, 4) is 0 Å². The molecule has 2 N–H and O–H groups in total. The van der Waals surface area contributed by atoms with E-state index in [1.165, 1.54) is 0 Å². The second kappa shape index (κ2) is 12.4. The van der Waals surface area contributed by atoms with E-state index < -0.39 is 30.2 Å². The van der Waals surface area contributed by atoms with E-state index in [9.17, 15) is 27.6 Å². The molecule has 0 aromatic heterocycles. The first-order valence-electron chi connectivity index (χ1n) is 9.64. The molecule has 1 atom stereocenters. The van der Waals surface area contributed by atoms with E-state index in [4.69, 9.17) is 4.74 Å². The molecule has 1 aliphatic rings. The number of hydrogen-bond donors (Lipinski definition) is 2. The summed E-state index contributed by atoms with van der Waals surface area (Å²) in [7, 11) is 0. The van der Waals surface area contributed by atoms with Gasteiger partial charge in [0, 0.05) is 29.0 Å². The average Bonchev–Trinajstić information content (AvgIpc) is 3.17. The molecule has 0 aliphatic carbocycles. The maximum atomic E-state index is 12.2. The molecule has 1 radical (unpaired) electrons. The van der Waals surface area contributed by atoms with Gasteiger partial charge in [-0.25, -0.2) is 14.9 Å². The molecular weight excluding hydrogens is 546 g/mol. The number of nitrogens with zero attached hydrogens (tertiary/aromatic N) is 1. The van der Waals surface area contributed by atoms with Gasteiger partial charge in [-0.1, -0.05) is 43.2 Å². The van der Waals surface area contributed by atoms with Crippen molar-refractivity contribution in [2.75, 3.05) is 0 Å². The highest BCUT2D eigenvalue weighted by Crippen LogP contribution is 2.17. The zero-order valence-electron chi connectivity index (χ0n) is 16.8. The minimum atomic E-state index is -5.20. The van der Waals surface area contributed by atoms with E-state index >= 15 is 0 Å². The Labute approximate surface area is 195 Å². The van der Waals surface area contributed by atoms with Crippen LogP contribution in [0.4, 0.5) is 18.0 Å². The van der Waals surface area contributed by atoms with Gasteiger partial charge < -0.3 is 14.8 Å². The number of aliphatic imine (C=N–C) groups is 1. The number of amidine groups is 1. The smallest absolute Gasteiger partial charge is 0.445 e. The third kappa shape index (κ3) is 9.24. The Kier molecular flexibility index (Phi) is 9.94. The number of nitrogens with one attached hydrogen (secondary N) is 2. The average molecular weight is 567 g/mol. The van der Waals surface area contributed by atoms with Crippen molar-refractivity contribution in [2.45, 2.75) is 50.9 Å². The molecule has 1 unspecified atom stereocenters. The number of carbonyl (C=O) groups excluding carboxylic acids is 3. The van der Waals surface area contributed by atoms with Gasteiger partial charge in [-0.15, -0.1) is 0 Å². The number of halogens is 4. The van der Waals surface area contributed by atoms with Crippen LogP contribution in [-0.2, 0) is 25.7 Å². The number of esters is 2. The molecule has 173 valence electrons. The van der Waals surface area contributed by atoms with Gasteiger partial charge in [-0.3, -0.25) is 4.79 Å². The minimum absolute atomic E-state index is 0.105. The molecule has 2 rings (SSSR count). The number of ether oxygens (including phenoxy) is 2. The standard InChI is InChI=1S/C20H21F3IN3O5/c21-20(22,23)18(29)32-16(28)10-6-2-5-9-14(17-25-11-15(24)27-17)26-19(30)31-12-13-7-3-1-4-8-13/h1,3-4,7-8,11,14,27H,2,5-6,9-10,12H2,(H,26,30)/q+1. The van der Waals surface area contributed by atoms with Crippen LogP contribution in [0.15, 0.2) is 40.2 Å². The third-order valence-corrected chi connectivity index (χ3v) is 4.76. The molecular formula is C20H21F3IN3O5+. The van der Waals surface area contributed by atoms with Crippen LogP contribution < -0.4 is 15.6 Å². The molecule has 0 saturated heterocycles. The molecule has 0 fully saturated rings. The van der Waals surface area contributed by atoms with Crippen LogP contribution in [0.25, 0.3) is 0 Å². The lowest BCUT2D eigenvalue weighted by molar-refractivity contribution is -0.201. The first-order chi connectivity index (χ1) is 15.1. The van der Waals surface area contributed by atoms with Gasteiger partial charge in [0.15, 0.2) is 6.20 Å². The second-order valence-corrected chi connectivity index (χ2v) is 7.90. The summed E-state index contributed by atoms with van der Waals surface area (Å²) < 4.78 is 46.0. The maximum Gasteiger partial charge on any atom is 0.491 e. The predicted octanol–water partition coefficient (Wildman–Crippen LogP) is 3.44. The van der Waals surface area contributed by atoms with Gasteiger partial charge in [-0.2, -0.15) is 13.2 Å². The van der Waals surface area contributed by atoms with E-state index in [1.54, 1.807) is 6.20 Å². The van der Waals surface area contributed by atoms with Crippen LogP contribution in [0.2, 0.25) is 0 Å². The van der Waals surface area contributed by atoms with Crippen molar-refractivity contribution in [3.63, 3.8) is 0 Å². The van der Waals surface area contributed by atoms with Gasteiger partial charge in [0.25, 0.3) is 0 Å². The van der Waals surface area contributed by atoms with Gasteiger partial charge in [0.2, 0.25) is 3.70 Å². The number of carbonyl (C=O) groups is 3. The highest BCUT2D eigenvalue weighted by atomic mass is 127. The molecule has 0 bridgehead atoms. The normalized spacial score (nSPS) is 14.0. The number of unbranched alkanes of at least 4 members (excludes halogenated alkanes) is 2. The van der Waals surface area contributed by atoms with Crippen LogP contribution in [0, 0.1) is 0 Å². The predicted molar refractivity (Wildman–Crippen MR) is 116 cm³/mol. The van der Waals surface area contributed by atoms with Crippen molar-refractivity contribution < 1.29 is 37.0 Å². The van der Waals surface area contributed by atoms with E-state index in [2.05, 4.69) is 20.4 Å². The summed E-state index contributed by atoms with van der Waals surface area (Å²) in [6.45, 7) is 0.105. The Hall–Kier alpha value is -2.64. The SMILES string of the molecule is O=C(CCCCCC(NC(=O)OCc1ccccc1)C1=[N+]C=C(I)N1)OC(=O)C(F)(F)F. The summed E-state index contributed by atoms with van der Waals surface area (Å²) in [5, 5.41) is 5.78. The fourth-order valence-corrected chi connectivity index (χ4v) is 3.10. The topological polar surface area (TPSA) is 108 Å². The summed E-state index contributed by atoms with van der Waals surface area (Å²) in [6.07, 6.45) is -2.88. The number of amides is 1. The quantitative estimate of drug-likeness (QED) is 0.148. The number of benzene rings is 1.